The molecule has 0 bridgehead atoms. The number of para-hydroxylation sites is 1. The van der Waals surface area contributed by atoms with Gasteiger partial charge in [-0.15, -0.1) is 0 Å². The zero-order valence-electron chi connectivity index (χ0n) is 12.2. The van der Waals surface area contributed by atoms with E-state index in [0.717, 1.165) is 22.4 Å². The lowest BCUT2D eigenvalue weighted by molar-refractivity contribution is 0.269. The van der Waals surface area contributed by atoms with Gasteiger partial charge in [0.05, 0.1) is 18.7 Å². The fourth-order valence-electron chi connectivity index (χ4n) is 2.23. The maximum Gasteiger partial charge on any atom is 0.177 e. The Bertz CT molecular complexity index is 764. The van der Waals surface area contributed by atoms with Gasteiger partial charge in [-0.1, -0.05) is 38.1 Å². The molecule has 1 aromatic carbocycles. The van der Waals surface area contributed by atoms with Gasteiger partial charge in [-0.2, -0.15) is 5.10 Å². The zero-order valence-corrected chi connectivity index (χ0v) is 12.2. The van der Waals surface area contributed by atoms with Gasteiger partial charge >= 0.3 is 0 Å². The Hall–Kier alpha value is -2.27. The van der Waals surface area contributed by atoms with Gasteiger partial charge in [-0.3, -0.25) is 0 Å². The van der Waals surface area contributed by atoms with Crippen LogP contribution < -0.4 is 0 Å². The summed E-state index contributed by atoms with van der Waals surface area (Å²) in [5, 5.41) is 14.8. The number of aromatic nitrogens is 4. The predicted molar refractivity (Wildman–Crippen MR) is 81.9 cm³/mol. The summed E-state index contributed by atoms with van der Waals surface area (Å²) in [5.74, 6) is 1.72. The van der Waals surface area contributed by atoms with E-state index in [2.05, 4.69) is 28.9 Å². The number of aliphatic hydroxyl groups excluding tert-OH is 1. The van der Waals surface area contributed by atoms with E-state index in [9.17, 15) is 5.11 Å². The topological polar surface area (TPSA) is 63.8 Å². The molecule has 3 rings (SSSR count). The minimum atomic E-state index is 0.0292. The Kier molecular flexibility index (Phi) is 3.66. The minimum absolute atomic E-state index is 0.0292. The number of benzene rings is 1. The van der Waals surface area contributed by atoms with Crippen molar-refractivity contribution < 1.29 is 5.11 Å². The first kappa shape index (κ1) is 13.7. The fraction of sp³-hybridized carbons (Fsp3) is 0.312. The second kappa shape index (κ2) is 5.61. The molecule has 3 aromatic rings. The third kappa shape index (κ3) is 2.64. The molecule has 0 aliphatic heterocycles. The zero-order chi connectivity index (χ0) is 14.8. The third-order valence-electron chi connectivity index (χ3n) is 3.34. The summed E-state index contributed by atoms with van der Waals surface area (Å²) in [6.07, 6.45) is 0. The van der Waals surface area contributed by atoms with Gasteiger partial charge in [0.2, 0.25) is 0 Å². The van der Waals surface area contributed by atoms with Crippen LogP contribution in [-0.2, 0) is 6.54 Å². The number of nitrogens with zero attached hydrogens (tertiary/aromatic N) is 4. The van der Waals surface area contributed by atoms with Crippen LogP contribution in [0.4, 0.5) is 0 Å². The van der Waals surface area contributed by atoms with E-state index in [-0.39, 0.29) is 12.5 Å². The first-order chi connectivity index (χ1) is 10.2. The number of pyridine rings is 1. The van der Waals surface area contributed by atoms with Crippen LogP contribution in [-0.4, -0.2) is 31.5 Å². The molecule has 0 saturated carbocycles. The Morgan fingerprint density at radius 1 is 1.10 bits per heavy atom. The molecule has 5 nitrogen and oxygen atoms in total. The van der Waals surface area contributed by atoms with E-state index < -0.39 is 0 Å². The fourth-order valence-corrected chi connectivity index (χ4v) is 2.23. The molecule has 0 saturated heterocycles. The lowest BCUT2D eigenvalue weighted by Gasteiger charge is -2.04. The number of aliphatic hydroxyl groups is 1. The maximum absolute atomic E-state index is 9.20. The Morgan fingerprint density at radius 2 is 1.90 bits per heavy atom. The van der Waals surface area contributed by atoms with Gasteiger partial charge in [-0.05, 0) is 12.1 Å². The highest BCUT2D eigenvalue weighted by Crippen LogP contribution is 2.21. The van der Waals surface area contributed by atoms with Gasteiger partial charge in [0.25, 0.3) is 0 Å². The van der Waals surface area contributed by atoms with E-state index in [0.29, 0.717) is 12.4 Å². The smallest absolute Gasteiger partial charge is 0.177 e. The lowest BCUT2D eigenvalue weighted by atomic mass is 10.2. The monoisotopic (exact) mass is 282 g/mol. The van der Waals surface area contributed by atoms with Crippen LogP contribution in [0, 0.1) is 0 Å². The van der Waals surface area contributed by atoms with Gasteiger partial charge in [0.15, 0.2) is 11.6 Å². The molecule has 2 aromatic heterocycles. The van der Waals surface area contributed by atoms with E-state index in [4.69, 9.17) is 0 Å². The van der Waals surface area contributed by atoms with E-state index in [1.54, 1.807) is 4.68 Å². The van der Waals surface area contributed by atoms with Crippen molar-refractivity contribution in [3.63, 3.8) is 0 Å². The Balaban J connectivity index is 2.11. The van der Waals surface area contributed by atoms with Gasteiger partial charge < -0.3 is 5.11 Å². The second-order valence-corrected chi connectivity index (χ2v) is 5.28. The van der Waals surface area contributed by atoms with Crippen molar-refractivity contribution in [1.29, 1.82) is 0 Å². The molecule has 0 unspecified atom stereocenters. The molecule has 5 heteroatoms. The molecule has 0 aliphatic carbocycles. The normalized spacial score (nSPS) is 11.4. The van der Waals surface area contributed by atoms with Gasteiger partial charge in [-0.25, -0.2) is 14.6 Å². The van der Waals surface area contributed by atoms with Crippen LogP contribution in [0.3, 0.4) is 0 Å². The van der Waals surface area contributed by atoms with Crippen LogP contribution in [0.25, 0.3) is 22.4 Å². The SMILES string of the molecule is CC(C)c1nc(-c2ccc3ccccc3n2)n(CCO)n1. The number of rotatable bonds is 4. The molecule has 0 amide bonds. The highest BCUT2D eigenvalue weighted by atomic mass is 16.3. The molecule has 108 valence electrons. The number of fused-ring (bicyclic) bond motifs is 1. The summed E-state index contributed by atoms with van der Waals surface area (Å²) < 4.78 is 1.73. The molecule has 2 heterocycles. The highest BCUT2D eigenvalue weighted by molar-refractivity contribution is 5.80. The summed E-state index contributed by atoms with van der Waals surface area (Å²) in [6.45, 7) is 4.55. The van der Waals surface area contributed by atoms with Crippen LogP contribution in [0.5, 0.6) is 0 Å². The first-order valence-corrected chi connectivity index (χ1v) is 7.11. The highest BCUT2D eigenvalue weighted by Gasteiger charge is 2.15. The standard InChI is InChI=1S/C16H18N4O/c1-11(2)15-18-16(20(19-15)9-10-21)14-8-7-12-5-3-4-6-13(12)17-14/h3-8,11,21H,9-10H2,1-2H3. The molecule has 0 aliphatic rings. The largest absolute Gasteiger partial charge is 0.394 e. The van der Waals surface area contributed by atoms with E-state index >= 15 is 0 Å². The van der Waals surface area contributed by atoms with Crippen molar-refractivity contribution in [1.82, 2.24) is 19.7 Å². The molecule has 0 atom stereocenters. The predicted octanol–water partition coefficient (Wildman–Crippen LogP) is 2.61. The van der Waals surface area contributed by atoms with Crippen molar-refractivity contribution in [2.24, 2.45) is 0 Å². The summed E-state index contributed by atoms with van der Waals surface area (Å²) in [6, 6.07) is 12.0. The molecular weight excluding hydrogens is 264 g/mol. The lowest BCUT2D eigenvalue weighted by Crippen LogP contribution is -2.07. The number of hydrogen-bond donors (Lipinski definition) is 1. The average molecular weight is 282 g/mol. The van der Waals surface area contributed by atoms with Crippen LogP contribution in [0.1, 0.15) is 25.6 Å². The summed E-state index contributed by atoms with van der Waals surface area (Å²) in [7, 11) is 0. The molecule has 1 N–H and O–H groups in total. The van der Waals surface area contributed by atoms with Crippen molar-refractivity contribution in [2.45, 2.75) is 26.3 Å². The van der Waals surface area contributed by atoms with E-state index in [1.165, 1.54) is 0 Å². The molecular formula is C16H18N4O. The van der Waals surface area contributed by atoms with Crippen LogP contribution in [0.2, 0.25) is 0 Å². The van der Waals surface area contributed by atoms with Gasteiger partial charge in [0, 0.05) is 11.3 Å². The van der Waals surface area contributed by atoms with Crippen molar-refractivity contribution in [3.05, 3.63) is 42.2 Å². The van der Waals surface area contributed by atoms with Crippen LogP contribution >= 0.6 is 0 Å². The van der Waals surface area contributed by atoms with Crippen LogP contribution in [0.15, 0.2) is 36.4 Å². The maximum atomic E-state index is 9.20. The summed E-state index contributed by atoms with van der Waals surface area (Å²) >= 11 is 0. The van der Waals surface area contributed by atoms with Gasteiger partial charge in [0.1, 0.15) is 5.69 Å². The summed E-state index contributed by atoms with van der Waals surface area (Å²) in [4.78, 5) is 9.24. The first-order valence-electron chi connectivity index (χ1n) is 7.11. The number of hydrogen-bond acceptors (Lipinski definition) is 4. The van der Waals surface area contributed by atoms with Crippen molar-refractivity contribution in [3.8, 4) is 11.5 Å². The molecule has 21 heavy (non-hydrogen) atoms. The molecule has 0 fully saturated rings. The van der Waals surface area contributed by atoms with Crippen molar-refractivity contribution >= 4 is 10.9 Å². The Morgan fingerprint density at radius 3 is 2.67 bits per heavy atom. The average Bonchev–Trinajstić information content (AvgIpc) is 2.91. The van der Waals surface area contributed by atoms with Crippen molar-refractivity contribution in [2.75, 3.05) is 6.61 Å². The summed E-state index contributed by atoms with van der Waals surface area (Å²) in [5.41, 5.74) is 1.71. The quantitative estimate of drug-likeness (QED) is 0.799. The molecule has 0 spiro atoms. The molecule has 0 radical (unpaired) electrons. The minimum Gasteiger partial charge on any atom is -0.394 e. The Labute approximate surface area is 123 Å². The van der Waals surface area contributed by atoms with E-state index in [1.807, 2.05) is 36.4 Å². The second-order valence-electron chi connectivity index (χ2n) is 5.28. The third-order valence-corrected chi connectivity index (χ3v) is 3.34.